The number of carboxylic acids is 1. The van der Waals surface area contributed by atoms with Crippen LogP contribution in [0.25, 0.3) is 11.3 Å². The fourth-order valence-corrected chi connectivity index (χ4v) is 1.80. The van der Waals surface area contributed by atoms with Crippen molar-refractivity contribution < 1.29 is 14.6 Å². The van der Waals surface area contributed by atoms with Crippen molar-refractivity contribution in [2.24, 2.45) is 0 Å². The Labute approximate surface area is 104 Å². The molecule has 94 valence electrons. The minimum atomic E-state index is -0.879. The number of aryl methyl sites for hydroxylation is 1. The maximum absolute atomic E-state index is 10.6. The molecule has 0 amide bonds. The summed E-state index contributed by atoms with van der Waals surface area (Å²) in [4.78, 5) is 10.6. The molecule has 1 aromatic carbocycles. The highest BCUT2D eigenvalue weighted by atomic mass is 16.5. The lowest BCUT2D eigenvalue weighted by atomic mass is 10.1. The first-order chi connectivity index (χ1) is 8.60. The van der Waals surface area contributed by atoms with Gasteiger partial charge in [-0.1, -0.05) is 0 Å². The summed E-state index contributed by atoms with van der Waals surface area (Å²) in [7, 11) is 1.63. The Kier molecular flexibility index (Phi) is 3.32. The van der Waals surface area contributed by atoms with Crippen molar-refractivity contribution in [1.82, 2.24) is 10.2 Å². The van der Waals surface area contributed by atoms with Gasteiger partial charge in [0.15, 0.2) is 0 Å². The summed E-state index contributed by atoms with van der Waals surface area (Å²) >= 11 is 0. The van der Waals surface area contributed by atoms with Gasteiger partial charge in [-0.05, 0) is 36.8 Å². The second kappa shape index (κ2) is 4.91. The second-order valence-electron chi connectivity index (χ2n) is 4.03. The molecule has 0 spiro atoms. The van der Waals surface area contributed by atoms with Crippen LogP contribution in [0.15, 0.2) is 24.3 Å². The quantitative estimate of drug-likeness (QED) is 0.865. The summed E-state index contributed by atoms with van der Waals surface area (Å²) in [5.41, 5.74) is 3.27. The van der Waals surface area contributed by atoms with Gasteiger partial charge in [0.1, 0.15) is 5.75 Å². The zero-order valence-electron chi connectivity index (χ0n) is 10.2. The van der Waals surface area contributed by atoms with E-state index in [4.69, 9.17) is 9.84 Å². The molecule has 5 nitrogen and oxygen atoms in total. The number of hydrogen-bond acceptors (Lipinski definition) is 3. The number of nitrogens with one attached hydrogen (secondary N) is 1. The third kappa shape index (κ3) is 2.51. The van der Waals surface area contributed by atoms with E-state index in [0.717, 1.165) is 22.6 Å². The van der Waals surface area contributed by atoms with Gasteiger partial charge in [0, 0.05) is 11.3 Å². The van der Waals surface area contributed by atoms with E-state index in [1.165, 1.54) is 0 Å². The fourth-order valence-electron chi connectivity index (χ4n) is 1.80. The van der Waals surface area contributed by atoms with Crippen LogP contribution < -0.4 is 4.74 Å². The van der Waals surface area contributed by atoms with Crippen LogP contribution in [0.3, 0.4) is 0 Å². The van der Waals surface area contributed by atoms with E-state index in [0.29, 0.717) is 5.69 Å². The Bertz CT molecular complexity index is 575. The van der Waals surface area contributed by atoms with Gasteiger partial charge in [-0.15, -0.1) is 0 Å². The number of benzene rings is 1. The standard InChI is InChI=1S/C13H14N2O3/c1-8-5-9(3-4-12(8)18-2)11-6-10(14-15-11)7-13(16)17/h3-6H,7H2,1-2H3,(H,14,15)(H,16,17). The van der Waals surface area contributed by atoms with Gasteiger partial charge in [0.25, 0.3) is 0 Å². The summed E-state index contributed by atoms with van der Waals surface area (Å²) < 4.78 is 5.19. The molecule has 0 fully saturated rings. The Hall–Kier alpha value is -2.30. The third-order valence-corrected chi connectivity index (χ3v) is 2.66. The molecular weight excluding hydrogens is 232 g/mol. The number of H-pyrrole nitrogens is 1. The summed E-state index contributed by atoms with van der Waals surface area (Å²) in [5, 5.41) is 15.5. The lowest BCUT2D eigenvalue weighted by Gasteiger charge is -2.05. The van der Waals surface area contributed by atoms with Crippen molar-refractivity contribution in [3.8, 4) is 17.0 Å². The molecule has 1 aromatic heterocycles. The molecule has 2 aromatic rings. The summed E-state index contributed by atoms with van der Waals surface area (Å²) in [5.74, 6) is -0.0591. The van der Waals surface area contributed by atoms with Gasteiger partial charge in [0.05, 0.1) is 19.2 Å². The molecule has 5 heteroatoms. The number of nitrogens with zero attached hydrogens (tertiary/aromatic N) is 1. The fraction of sp³-hybridized carbons (Fsp3) is 0.231. The van der Waals surface area contributed by atoms with E-state index in [2.05, 4.69) is 10.2 Å². The van der Waals surface area contributed by atoms with Crippen LogP contribution >= 0.6 is 0 Å². The maximum atomic E-state index is 10.6. The average molecular weight is 246 g/mol. The van der Waals surface area contributed by atoms with E-state index in [1.807, 2.05) is 25.1 Å². The topological polar surface area (TPSA) is 75.2 Å². The number of aromatic nitrogens is 2. The molecule has 2 N–H and O–H groups in total. The molecule has 18 heavy (non-hydrogen) atoms. The molecule has 0 aliphatic carbocycles. The number of hydrogen-bond donors (Lipinski definition) is 2. The van der Waals surface area contributed by atoms with Crippen molar-refractivity contribution in [2.75, 3.05) is 7.11 Å². The van der Waals surface area contributed by atoms with Gasteiger partial charge >= 0.3 is 5.97 Å². The first kappa shape index (κ1) is 12.2. The SMILES string of the molecule is COc1ccc(-c2cc(CC(=O)O)[nH]n2)cc1C. The lowest BCUT2D eigenvalue weighted by Crippen LogP contribution is -1.99. The first-order valence-corrected chi connectivity index (χ1v) is 5.51. The zero-order chi connectivity index (χ0) is 13.1. The van der Waals surface area contributed by atoms with Crippen LogP contribution in [0.1, 0.15) is 11.3 Å². The molecule has 0 atom stereocenters. The number of methoxy groups -OCH3 is 1. The van der Waals surface area contributed by atoms with E-state index in [-0.39, 0.29) is 6.42 Å². The third-order valence-electron chi connectivity index (χ3n) is 2.66. The van der Waals surface area contributed by atoms with Gasteiger partial charge in [-0.3, -0.25) is 9.89 Å². The Morgan fingerprint density at radius 3 is 2.83 bits per heavy atom. The molecule has 1 heterocycles. The smallest absolute Gasteiger partial charge is 0.309 e. The van der Waals surface area contributed by atoms with Crippen LogP contribution in [0.5, 0.6) is 5.75 Å². The highest BCUT2D eigenvalue weighted by Gasteiger charge is 2.08. The first-order valence-electron chi connectivity index (χ1n) is 5.51. The van der Waals surface area contributed by atoms with Crippen LogP contribution in [0, 0.1) is 6.92 Å². The average Bonchev–Trinajstić information content (AvgIpc) is 2.76. The lowest BCUT2D eigenvalue weighted by molar-refractivity contribution is -0.136. The summed E-state index contributed by atoms with van der Waals surface area (Å²) in [6.07, 6.45) is -0.0534. The van der Waals surface area contributed by atoms with Gasteiger partial charge in [-0.2, -0.15) is 5.10 Å². The van der Waals surface area contributed by atoms with Crippen molar-refractivity contribution in [1.29, 1.82) is 0 Å². The van der Waals surface area contributed by atoms with Crippen molar-refractivity contribution in [2.45, 2.75) is 13.3 Å². The van der Waals surface area contributed by atoms with E-state index in [1.54, 1.807) is 13.2 Å². The zero-order valence-corrected chi connectivity index (χ0v) is 10.2. The Morgan fingerprint density at radius 2 is 2.22 bits per heavy atom. The Balaban J connectivity index is 2.28. The maximum Gasteiger partial charge on any atom is 0.309 e. The minimum Gasteiger partial charge on any atom is -0.496 e. The predicted molar refractivity (Wildman–Crippen MR) is 66.7 cm³/mol. The highest BCUT2D eigenvalue weighted by molar-refractivity contribution is 5.70. The number of carboxylic acid groups (broad SMARTS) is 1. The number of carbonyl (C=O) groups is 1. The van der Waals surface area contributed by atoms with E-state index in [9.17, 15) is 4.79 Å². The summed E-state index contributed by atoms with van der Waals surface area (Å²) in [6.45, 7) is 1.95. The minimum absolute atomic E-state index is 0.0534. The van der Waals surface area contributed by atoms with Crippen LogP contribution in [-0.2, 0) is 11.2 Å². The molecule has 0 aliphatic rings. The normalized spacial score (nSPS) is 10.3. The van der Waals surface area contributed by atoms with Gasteiger partial charge in [0.2, 0.25) is 0 Å². The molecule has 0 unspecified atom stereocenters. The number of rotatable bonds is 4. The Morgan fingerprint density at radius 1 is 1.44 bits per heavy atom. The van der Waals surface area contributed by atoms with Crippen molar-refractivity contribution in [3.05, 3.63) is 35.5 Å². The second-order valence-corrected chi connectivity index (χ2v) is 4.03. The molecule has 0 saturated carbocycles. The van der Waals surface area contributed by atoms with Crippen molar-refractivity contribution in [3.63, 3.8) is 0 Å². The van der Waals surface area contributed by atoms with Crippen molar-refractivity contribution >= 4 is 5.97 Å². The molecule has 2 rings (SSSR count). The van der Waals surface area contributed by atoms with Gasteiger partial charge in [-0.25, -0.2) is 0 Å². The largest absolute Gasteiger partial charge is 0.496 e. The molecule has 0 saturated heterocycles. The predicted octanol–water partition coefficient (Wildman–Crippen LogP) is 2.02. The van der Waals surface area contributed by atoms with Crippen LogP contribution in [0.2, 0.25) is 0 Å². The molecule has 0 aliphatic heterocycles. The van der Waals surface area contributed by atoms with E-state index < -0.39 is 5.97 Å². The van der Waals surface area contributed by atoms with E-state index >= 15 is 0 Å². The van der Waals surface area contributed by atoms with Crippen LogP contribution in [-0.4, -0.2) is 28.4 Å². The monoisotopic (exact) mass is 246 g/mol. The number of ether oxygens (including phenoxy) is 1. The highest BCUT2D eigenvalue weighted by Crippen LogP contribution is 2.25. The number of aromatic amines is 1. The molecule has 0 radical (unpaired) electrons. The molecular formula is C13H14N2O3. The van der Waals surface area contributed by atoms with Crippen LogP contribution in [0.4, 0.5) is 0 Å². The number of aliphatic carboxylic acids is 1. The van der Waals surface area contributed by atoms with Gasteiger partial charge < -0.3 is 9.84 Å². The molecule has 0 bridgehead atoms. The summed E-state index contributed by atoms with van der Waals surface area (Å²) in [6, 6.07) is 7.47.